The Morgan fingerprint density at radius 2 is 1.76 bits per heavy atom. The fraction of sp³-hybridized carbons (Fsp3) is 0.517. The first-order valence-corrected chi connectivity index (χ1v) is 15.6. The van der Waals surface area contributed by atoms with Crippen molar-refractivity contribution in [3.63, 3.8) is 0 Å². The average molecular weight is 562 g/mol. The Balaban J connectivity index is 1.74. The van der Waals surface area contributed by atoms with Crippen molar-refractivity contribution in [1.29, 1.82) is 0 Å². The Kier molecular flexibility index (Phi) is 10.6. The normalized spacial score (nSPS) is 15.1. The van der Waals surface area contributed by atoms with Gasteiger partial charge in [-0.15, -0.1) is 0 Å². The second kappa shape index (κ2) is 13.5. The van der Waals surface area contributed by atoms with Crippen LogP contribution in [0.25, 0.3) is 0 Å². The van der Waals surface area contributed by atoms with Crippen molar-refractivity contribution >= 4 is 39.1 Å². The molecule has 208 valence electrons. The van der Waals surface area contributed by atoms with E-state index >= 15 is 0 Å². The number of sulfonamides is 1. The highest BCUT2D eigenvalue weighted by Gasteiger charge is 2.28. The summed E-state index contributed by atoms with van der Waals surface area (Å²) in [6.07, 6.45) is 6.92. The largest absolute Gasteiger partial charge is 0.352 e. The monoisotopic (exact) mass is 561 g/mol. The summed E-state index contributed by atoms with van der Waals surface area (Å²) in [5.41, 5.74) is 3.34. The van der Waals surface area contributed by atoms with Gasteiger partial charge in [-0.3, -0.25) is 13.9 Å². The minimum atomic E-state index is -3.55. The molecule has 0 aliphatic heterocycles. The van der Waals surface area contributed by atoms with Crippen molar-refractivity contribution in [3.05, 3.63) is 64.2 Å². The number of halogens is 1. The fourth-order valence-corrected chi connectivity index (χ4v) is 6.20. The van der Waals surface area contributed by atoms with Crippen LogP contribution in [0.3, 0.4) is 0 Å². The van der Waals surface area contributed by atoms with Crippen LogP contribution in [-0.2, 0) is 26.2 Å². The number of aryl methyl sites for hydroxylation is 1. The Labute approximate surface area is 232 Å². The smallest absolute Gasteiger partial charge is 0.242 e. The van der Waals surface area contributed by atoms with E-state index in [-0.39, 0.29) is 37.4 Å². The number of hydrogen-bond donors (Lipinski definition) is 1. The van der Waals surface area contributed by atoms with E-state index in [0.29, 0.717) is 17.1 Å². The van der Waals surface area contributed by atoms with Crippen LogP contribution < -0.4 is 9.62 Å². The number of carbonyl (C=O) groups excluding carboxylic acids is 2. The van der Waals surface area contributed by atoms with Crippen LogP contribution in [0, 0.1) is 13.8 Å². The number of amides is 2. The lowest BCUT2D eigenvalue weighted by Gasteiger charge is -2.31. The predicted octanol–water partition coefficient (Wildman–Crippen LogP) is 5.37. The van der Waals surface area contributed by atoms with E-state index in [9.17, 15) is 18.0 Å². The molecule has 38 heavy (non-hydrogen) atoms. The number of benzene rings is 2. The maximum absolute atomic E-state index is 13.5. The first-order valence-electron chi connectivity index (χ1n) is 13.4. The SMILES string of the molecule is Cc1cccc(N(CCCC(=O)N(Cc2cccc(Cl)c2)[C@@H](C)C(=O)NC2CCCCC2)S(C)(=O)=O)c1C. The Morgan fingerprint density at radius 1 is 1.08 bits per heavy atom. The van der Waals surface area contributed by atoms with Crippen LogP contribution >= 0.6 is 11.6 Å². The number of nitrogens with one attached hydrogen (secondary N) is 1. The second-order valence-corrected chi connectivity index (χ2v) is 12.7. The fourth-order valence-electron chi connectivity index (χ4n) is 4.97. The van der Waals surface area contributed by atoms with Gasteiger partial charge >= 0.3 is 0 Å². The van der Waals surface area contributed by atoms with E-state index in [1.807, 2.05) is 38.1 Å². The van der Waals surface area contributed by atoms with Gasteiger partial charge in [-0.05, 0) is 74.9 Å². The van der Waals surface area contributed by atoms with Gasteiger partial charge in [0.15, 0.2) is 0 Å². The minimum absolute atomic E-state index is 0.110. The molecule has 2 amide bonds. The Bertz CT molecular complexity index is 1230. The molecule has 0 saturated heterocycles. The summed E-state index contributed by atoms with van der Waals surface area (Å²) in [5, 5.41) is 3.69. The summed E-state index contributed by atoms with van der Waals surface area (Å²) >= 11 is 6.18. The predicted molar refractivity (Wildman–Crippen MR) is 154 cm³/mol. The summed E-state index contributed by atoms with van der Waals surface area (Å²) in [5.74, 6) is -0.369. The third kappa shape index (κ3) is 8.21. The van der Waals surface area contributed by atoms with Crippen molar-refractivity contribution < 1.29 is 18.0 Å². The summed E-state index contributed by atoms with van der Waals surface area (Å²) in [6.45, 7) is 6.00. The molecule has 1 saturated carbocycles. The van der Waals surface area contributed by atoms with Crippen LogP contribution in [0.1, 0.15) is 68.6 Å². The molecule has 0 aromatic heterocycles. The highest BCUT2D eigenvalue weighted by molar-refractivity contribution is 7.92. The molecule has 2 aromatic carbocycles. The number of carbonyl (C=O) groups is 2. The van der Waals surface area contributed by atoms with Gasteiger partial charge in [-0.2, -0.15) is 0 Å². The van der Waals surface area contributed by atoms with Crippen molar-refractivity contribution in [3.8, 4) is 0 Å². The number of nitrogens with zero attached hydrogens (tertiary/aromatic N) is 2. The van der Waals surface area contributed by atoms with Gasteiger partial charge in [-0.25, -0.2) is 8.42 Å². The maximum Gasteiger partial charge on any atom is 0.242 e. The van der Waals surface area contributed by atoms with E-state index in [1.54, 1.807) is 30.0 Å². The topological polar surface area (TPSA) is 86.8 Å². The maximum atomic E-state index is 13.5. The lowest BCUT2D eigenvalue weighted by Crippen LogP contribution is -2.50. The lowest BCUT2D eigenvalue weighted by atomic mass is 9.95. The van der Waals surface area contributed by atoms with E-state index in [2.05, 4.69) is 5.32 Å². The minimum Gasteiger partial charge on any atom is -0.352 e. The van der Waals surface area contributed by atoms with Crippen molar-refractivity contribution in [1.82, 2.24) is 10.2 Å². The van der Waals surface area contributed by atoms with Crippen molar-refractivity contribution in [2.45, 2.75) is 84.3 Å². The number of hydrogen-bond acceptors (Lipinski definition) is 4. The molecule has 0 bridgehead atoms. The Morgan fingerprint density at radius 3 is 2.42 bits per heavy atom. The molecule has 9 heteroatoms. The molecular weight excluding hydrogens is 522 g/mol. The third-order valence-electron chi connectivity index (χ3n) is 7.36. The van der Waals surface area contributed by atoms with Crippen molar-refractivity contribution in [2.24, 2.45) is 0 Å². The van der Waals surface area contributed by atoms with Crippen LogP contribution in [0.5, 0.6) is 0 Å². The van der Waals surface area contributed by atoms with Gasteiger partial charge in [0, 0.05) is 30.6 Å². The summed E-state index contributed by atoms with van der Waals surface area (Å²) in [6, 6.07) is 12.3. The molecule has 3 rings (SSSR count). The number of anilines is 1. The molecule has 1 N–H and O–H groups in total. The molecule has 1 aliphatic carbocycles. The van der Waals surface area contributed by atoms with E-state index in [0.717, 1.165) is 42.4 Å². The molecule has 1 atom stereocenters. The van der Waals surface area contributed by atoms with Gasteiger partial charge in [0.05, 0.1) is 11.9 Å². The molecule has 1 fully saturated rings. The van der Waals surface area contributed by atoms with Gasteiger partial charge < -0.3 is 10.2 Å². The summed E-state index contributed by atoms with van der Waals surface area (Å²) < 4.78 is 26.6. The first kappa shape index (κ1) is 30.0. The molecular formula is C29H40ClN3O4S. The quantitative estimate of drug-likeness (QED) is 0.399. The summed E-state index contributed by atoms with van der Waals surface area (Å²) in [4.78, 5) is 28.2. The molecule has 1 aliphatic rings. The molecule has 2 aromatic rings. The van der Waals surface area contributed by atoms with Gasteiger partial charge in [0.1, 0.15) is 6.04 Å². The highest BCUT2D eigenvalue weighted by Crippen LogP contribution is 2.26. The zero-order chi connectivity index (χ0) is 27.9. The second-order valence-electron chi connectivity index (χ2n) is 10.3. The zero-order valence-electron chi connectivity index (χ0n) is 22.9. The molecule has 0 unspecified atom stereocenters. The van der Waals surface area contributed by atoms with Crippen LogP contribution in [0.4, 0.5) is 5.69 Å². The average Bonchev–Trinajstić information content (AvgIpc) is 2.86. The highest BCUT2D eigenvalue weighted by atomic mass is 35.5. The lowest BCUT2D eigenvalue weighted by molar-refractivity contribution is -0.141. The van der Waals surface area contributed by atoms with Crippen LogP contribution in [-0.4, -0.2) is 50.0 Å². The first-order chi connectivity index (χ1) is 18.0. The molecule has 0 radical (unpaired) electrons. The third-order valence-corrected chi connectivity index (χ3v) is 8.77. The van der Waals surface area contributed by atoms with Gasteiger partial charge in [0.2, 0.25) is 21.8 Å². The van der Waals surface area contributed by atoms with Gasteiger partial charge in [0.25, 0.3) is 0 Å². The van der Waals surface area contributed by atoms with E-state index < -0.39 is 16.1 Å². The standard InChI is InChI=1S/C29H40ClN3O4S/c1-21-11-8-16-27(22(21)2)33(38(4,36)37)18-10-17-28(34)32(20-24-12-9-13-25(30)19-24)23(3)29(35)31-26-14-6-5-7-15-26/h8-9,11-13,16,19,23,26H,5-7,10,14-15,17-18,20H2,1-4H3,(H,31,35)/t23-/m0/s1. The van der Waals surface area contributed by atoms with Gasteiger partial charge in [-0.1, -0.05) is 55.1 Å². The zero-order valence-corrected chi connectivity index (χ0v) is 24.4. The molecule has 0 spiro atoms. The molecule has 7 nitrogen and oxygen atoms in total. The van der Waals surface area contributed by atoms with Crippen LogP contribution in [0.2, 0.25) is 5.02 Å². The number of rotatable bonds is 11. The van der Waals surface area contributed by atoms with Crippen LogP contribution in [0.15, 0.2) is 42.5 Å². The molecule has 0 heterocycles. The van der Waals surface area contributed by atoms with E-state index in [1.165, 1.54) is 17.0 Å². The summed E-state index contributed by atoms with van der Waals surface area (Å²) in [7, 11) is -3.55. The van der Waals surface area contributed by atoms with E-state index in [4.69, 9.17) is 11.6 Å². The Hall–Kier alpha value is -2.58. The van der Waals surface area contributed by atoms with Crippen molar-refractivity contribution in [2.75, 3.05) is 17.1 Å².